The molecule has 35 heavy (non-hydrogen) atoms. The molecule has 5 nitrogen and oxygen atoms in total. The molecule has 0 aromatic heterocycles. The monoisotopic (exact) mass is 471 g/mol. The topological polar surface area (TPSA) is 45.9 Å². The van der Waals surface area contributed by atoms with E-state index in [1.807, 2.05) is 0 Å². The quantitative estimate of drug-likeness (QED) is 0.543. The van der Waals surface area contributed by atoms with Gasteiger partial charge in [0.25, 0.3) is 0 Å². The molecule has 5 heteroatoms. The minimum absolute atomic E-state index is 0.280. The van der Waals surface area contributed by atoms with Crippen molar-refractivity contribution in [3.8, 4) is 6.07 Å². The molecular weight excluding hydrogens is 430 g/mol. The van der Waals surface area contributed by atoms with Gasteiger partial charge in [0.05, 0.1) is 18.0 Å². The van der Waals surface area contributed by atoms with E-state index in [2.05, 4.69) is 97.0 Å². The van der Waals surface area contributed by atoms with Gasteiger partial charge in [0, 0.05) is 44.8 Å². The number of nitriles is 1. The molecule has 0 amide bonds. The van der Waals surface area contributed by atoms with Crippen molar-refractivity contribution in [1.29, 1.82) is 5.26 Å². The van der Waals surface area contributed by atoms with E-state index >= 15 is 0 Å². The first kappa shape index (κ1) is 25.3. The van der Waals surface area contributed by atoms with Crippen molar-refractivity contribution < 1.29 is 0 Å². The van der Waals surface area contributed by atoms with Gasteiger partial charge in [-0.15, -0.1) is 0 Å². The molecule has 0 N–H and O–H groups in total. The van der Waals surface area contributed by atoms with Crippen LogP contribution in [0.1, 0.15) is 51.2 Å². The fourth-order valence-corrected chi connectivity index (χ4v) is 5.86. The lowest BCUT2D eigenvalue weighted by atomic mass is 9.68. The first-order valence-corrected chi connectivity index (χ1v) is 13.3. The Balaban J connectivity index is 1.34. The van der Waals surface area contributed by atoms with E-state index in [1.54, 1.807) is 0 Å². The molecule has 2 aliphatic heterocycles. The standard InChI is InChI=1S/C30H41N5/c1-5-35-28-15-8-6-7-13-26(28)22-32-29(35)34-20-18-33(19-21-34)17-11-16-30(23-31,24(2)3)27-14-10-9-12-25(27)4/h6-10,12-14,24H,5,11,15-22H2,1-4H3. The smallest absolute Gasteiger partial charge is 0.201 e. The van der Waals surface area contributed by atoms with Crippen LogP contribution in [0.25, 0.3) is 0 Å². The maximum atomic E-state index is 10.3. The van der Waals surface area contributed by atoms with E-state index in [4.69, 9.17) is 4.99 Å². The lowest BCUT2D eigenvalue weighted by Gasteiger charge is -2.42. The van der Waals surface area contributed by atoms with Crippen molar-refractivity contribution in [2.24, 2.45) is 10.9 Å². The molecule has 0 radical (unpaired) electrons. The Hall–Kier alpha value is -2.84. The number of guanidine groups is 1. The van der Waals surface area contributed by atoms with Crippen LogP contribution >= 0.6 is 0 Å². The Labute approximate surface area is 212 Å². The number of aliphatic imine (C=N–C) groups is 1. The summed E-state index contributed by atoms with van der Waals surface area (Å²) < 4.78 is 0. The highest BCUT2D eigenvalue weighted by Gasteiger charge is 2.37. The van der Waals surface area contributed by atoms with Crippen LogP contribution in [0, 0.1) is 24.2 Å². The maximum Gasteiger partial charge on any atom is 0.201 e. The number of piperazine rings is 1. The second-order valence-electron chi connectivity index (χ2n) is 10.3. The summed E-state index contributed by atoms with van der Waals surface area (Å²) >= 11 is 0. The molecule has 1 saturated heterocycles. The SMILES string of the molecule is CCN1C(N2CCN(CCCC(C#N)(c3ccccc3C)C(C)C)CC2)=NCC2=C1CC=CC=C2. The molecule has 0 saturated carbocycles. The van der Waals surface area contributed by atoms with E-state index in [0.717, 1.165) is 71.0 Å². The second kappa shape index (κ2) is 11.3. The summed E-state index contributed by atoms with van der Waals surface area (Å²) in [6.07, 6.45) is 11.7. The maximum absolute atomic E-state index is 10.3. The number of benzene rings is 1. The summed E-state index contributed by atoms with van der Waals surface area (Å²) in [4.78, 5) is 12.5. The molecular formula is C30H41N5. The van der Waals surface area contributed by atoms with Gasteiger partial charge >= 0.3 is 0 Å². The molecule has 186 valence electrons. The van der Waals surface area contributed by atoms with Crippen LogP contribution in [0.4, 0.5) is 0 Å². The molecule has 1 atom stereocenters. The highest BCUT2D eigenvalue weighted by molar-refractivity contribution is 5.83. The van der Waals surface area contributed by atoms with Crippen LogP contribution in [0.2, 0.25) is 0 Å². The molecule has 1 fully saturated rings. The summed E-state index contributed by atoms with van der Waals surface area (Å²) in [6, 6.07) is 11.2. The van der Waals surface area contributed by atoms with Gasteiger partial charge in [-0.05, 0) is 55.9 Å². The van der Waals surface area contributed by atoms with Crippen LogP contribution in [-0.2, 0) is 5.41 Å². The Morgan fingerprint density at radius 3 is 2.57 bits per heavy atom. The largest absolute Gasteiger partial charge is 0.340 e. The number of hydrogen-bond acceptors (Lipinski definition) is 5. The van der Waals surface area contributed by atoms with Crippen LogP contribution in [0.15, 0.2) is 64.8 Å². The lowest BCUT2D eigenvalue weighted by molar-refractivity contribution is 0.164. The summed E-state index contributed by atoms with van der Waals surface area (Å²) in [5, 5.41) is 10.3. The third-order valence-electron chi connectivity index (χ3n) is 8.01. The third kappa shape index (κ3) is 5.23. The van der Waals surface area contributed by atoms with Crippen molar-refractivity contribution in [2.45, 2.75) is 52.4 Å². The molecule has 4 rings (SSSR count). The van der Waals surface area contributed by atoms with Gasteiger partial charge in [-0.2, -0.15) is 5.26 Å². The number of nitrogens with zero attached hydrogens (tertiary/aromatic N) is 5. The van der Waals surface area contributed by atoms with E-state index in [-0.39, 0.29) is 5.92 Å². The first-order chi connectivity index (χ1) is 17.0. The minimum atomic E-state index is -0.418. The van der Waals surface area contributed by atoms with Crippen LogP contribution in [-0.4, -0.2) is 66.5 Å². The van der Waals surface area contributed by atoms with Crippen molar-refractivity contribution in [2.75, 3.05) is 45.8 Å². The van der Waals surface area contributed by atoms with Crippen LogP contribution in [0.5, 0.6) is 0 Å². The van der Waals surface area contributed by atoms with Crippen molar-refractivity contribution in [3.05, 3.63) is 71.0 Å². The van der Waals surface area contributed by atoms with Gasteiger partial charge in [-0.25, -0.2) is 4.99 Å². The molecule has 3 aliphatic rings. The van der Waals surface area contributed by atoms with Crippen LogP contribution < -0.4 is 0 Å². The number of allylic oxidation sites excluding steroid dienone is 3. The Morgan fingerprint density at radius 1 is 1.11 bits per heavy atom. The molecule has 1 aromatic carbocycles. The van der Waals surface area contributed by atoms with Gasteiger partial charge in [-0.1, -0.05) is 62.4 Å². The average molecular weight is 472 g/mol. The van der Waals surface area contributed by atoms with Gasteiger partial charge in [-0.3, -0.25) is 4.90 Å². The molecule has 0 spiro atoms. The van der Waals surface area contributed by atoms with Gasteiger partial charge in [0.1, 0.15) is 0 Å². The highest BCUT2D eigenvalue weighted by atomic mass is 15.4. The van der Waals surface area contributed by atoms with Crippen LogP contribution in [0.3, 0.4) is 0 Å². The number of rotatable bonds is 7. The first-order valence-electron chi connectivity index (χ1n) is 13.3. The highest BCUT2D eigenvalue weighted by Crippen LogP contribution is 2.38. The number of hydrogen-bond donors (Lipinski definition) is 0. The molecule has 0 bridgehead atoms. The van der Waals surface area contributed by atoms with Crippen molar-refractivity contribution in [3.63, 3.8) is 0 Å². The predicted octanol–water partition coefficient (Wildman–Crippen LogP) is 5.27. The molecule has 1 unspecified atom stereocenters. The zero-order valence-corrected chi connectivity index (χ0v) is 22.0. The summed E-state index contributed by atoms with van der Waals surface area (Å²) in [6.45, 7) is 15.6. The van der Waals surface area contributed by atoms with E-state index < -0.39 is 5.41 Å². The van der Waals surface area contributed by atoms with Gasteiger partial charge < -0.3 is 9.80 Å². The van der Waals surface area contributed by atoms with E-state index in [9.17, 15) is 5.26 Å². The zero-order valence-electron chi connectivity index (χ0n) is 22.0. The average Bonchev–Trinajstić information content (AvgIpc) is 3.13. The Bertz CT molecular complexity index is 1050. The summed E-state index contributed by atoms with van der Waals surface area (Å²) in [5.74, 6) is 1.43. The molecule has 1 aliphatic carbocycles. The zero-order chi connectivity index (χ0) is 24.8. The lowest BCUT2D eigenvalue weighted by Crippen LogP contribution is -2.54. The minimum Gasteiger partial charge on any atom is -0.340 e. The molecule has 2 heterocycles. The van der Waals surface area contributed by atoms with Gasteiger partial charge in [0.2, 0.25) is 5.96 Å². The molecule has 1 aromatic rings. The second-order valence-corrected chi connectivity index (χ2v) is 10.3. The number of aryl methyl sites for hydroxylation is 1. The normalized spacial score (nSPS) is 20.4. The fraction of sp³-hybridized carbons (Fsp3) is 0.533. The Morgan fingerprint density at radius 2 is 1.89 bits per heavy atom. The van der Waals surface area contributed by atoms with Gasteiger partial charge in [0.15, 0.2) is 0 Å². The Kier molecular flexibility index (Phi) is 8.13. The summed E-state index contributed by atoms with van der Waals surface area (Å²) in [7, 11) is 0. The fourth-order valence-electron chi connectivity index (χ4n) is 5.86. The van der Waals surface area contributed by atoms with E-state index in [0.29, 0.717) is 0 Å². The predicted molar refractivity (Wildman–Crippen MR) is 145 cm³/mol. The van der Waals surface area contributed by atoms with Crippen molar-refractivity contribution in [1.82, 2.24) is 14.7 Å². The van der Waals surface area contributed by atoms with Crippen molar-refractivity contribution >= 4 is 5.96 Å². The summed E-state index contributed by atoms with van der Waals surface area (Å²) in [5.41, 5.74) is 4.76. The van der Waals surface area contributed by atoms with E-state index in [1.165, 1.54) is 22.4 Å². The third-order valence-corrected chi connectivity index (χ3v) is 8.01.